The van der Waals surface area contributed by atoms with Crippen molar-refractivity contribution in [3.63, 3.8) is 0 Å². The van der Waals surface area contributed by atoms with Gasteiger partial charge in [0.05, 0.1) is 5.71 Å². The largest absolute Gasteiger partial charge is 0.402 e. The molecule has 3 heteroatoms. The quantitative estimate of drug-likeness (QED) is 0.755. The molecule has 0 fully saturated rings. The summed E-state index contributed by atoms with van der Waals surface area (Å²) in [6, 6.07) is 0. The molecule has 1 rings (SSSR count). The lowest BCUT2D eigenvalue weighted by atomic mass is 10.1. The van der Waals surface area contributed by atoms with Crippen molar-refractivity contribution in [1.29, 1.82) is 0 Å². The van der Waals surface area contributed by atoms with Crippen LogP contribution in [0.4, 0.5) is 0 Å². The Morgan fingerprint density at radius 2 is 2.18 bits per heavy atom. The summed E-state index contributed by atoms with van der Waals surface area (Å²) in [4.78, 5) is 6.24. The Kier molecular flexibility index (Phi) is 6.20. The van der Waals surface area contributed by atoms with Crippen molar-refractivity contribution in [2.24, 2.45) is 10.7 Å². The van der Waals surface area contributed by atoms with Gasteiger partial charge in [0.2, 0.25) is 0 Å². The molecule has 0 radical (unpaired) electrons. The van der Waals surface area contributed by atoms with E-state index in [9.17, 15) is 0 Å². The Balaban J connectivity index is 0.00000121. The second-order valence-electron chi connectivity index (χ2n) is 3.31. The van der Waals surface area contributed by atoms with Crippen molar-refractivity contribution >= 4 is 5.71 Å². The zero-order chi connectivity index (χ0) is 13.4. The summed E-state index contributed by atoms with van der Waals surface area (Å²) < 4.78 is 0. The standard InChI is InChI=1S/C12H17N3.C2H2/c1-5-9(3)11-7-10(6-2)14-12(8-13)15(11)4;1-2/h6-8H,2-3,5,13H2,1,4H3;1-2H/b12-8-;. The van der Waals surface area contributed by atoms with E-state index in [1.807, 2.05) is 18.0 Å². The summed E-state index contributed by atoms with van der Waals surface area (Å²) >= 11 is 0. The van der Waals surface area contributed by atoms with Crippen LogP contribution in [0.3, 0.4) is 0 Å². The normalized spacial score (nSPS) is 16.5. The molecule has 1 aliphatic rings. The minimum Gasteiger partial charge on any atom is -0.402 e. The highest BCUT2D eigenvalue weighted by Gasteiger charge is 2.16. The molecule has 17 heavy (non-hydrogen) atoms. The first-order valence-electron chi connectivity index (χ1n) is 5.24. The van der Waals surface area contributed by atoms with Gasteiger partial charge in [-0.25, -0.2) is 4.99 Å². The van der Waals surface area contributed by atoms with Gasteiger partial charge in [-0.1, -0.05) is 20.1 Å². The van der Waals surface area contributed by atoms with Crippen LogP contribution in [-0.4, -0.2) is 17.7 Å². The van der Waals surface area contributed by atoms with Gasteiger partial charge in [-0.15, -0.1) is 12.8 Å². The van der Waals surface area contributed by atoms with E-state index in [1.54, 1.807) is 6.08 Å². The van der Waals surface area contributed by atoms with Gasteiger partial charge in [0.15, 0.2) is 0 Å². The van der Waals surface area contributed by atoms with Gasteiger partial charge in [-0.2, -0.15) is 0 Å². The Hall–Kier alpha value is -2.21. The average molecular weight is 229 g/mol. The molecule has 0 unspecified atom stereocenters. The van der Waals surface area contributed by atoms with E-state index < -0.39 is 0 Å². The van der Waals surface area contributed by atoms with Crippen molar-refractivity contribution in [1.82, 2.24) is 4.90 Å². The summed E-state index contributed by atoms with van der Waals surface area (Å²) in [5.74, 6) is 0.719. The first-order chi connectivity index (χ1) is 8.13. The SMILES string of the molecule is C#C.C=CC1=N/C(=C/N)N(C)C(C(=C)CC)=C1. The number of likely N-dealkylation sites (N-methyl/N-ethyl adjacent to an activating group) is 1. The second kappa shape index (κ2) is 7.13. The van der Waals surface area contributed by atoms with E-state index in [1.165, 1.54) is 6.20 Å². The van der Waals surface area contributed by atoms with E-state index in [0.29, 0.717) is 0 Å². The highest BCUT2D eigenvalue weighted by molar-refractivity contribution is 6.05. The number of hydrogen-bond acceptors (Lipinski definition) is 3. The fourth-order valence-electron chi connectivity index (χ4n) is 1.37. The Bertz CT molecular complexity index is 408. The number of aliphatic imine (C=N–C) groups is 1. The summed E-state index contributed by atoms with van der Waals surface area (Å²) in [7, 11) is 1.93. The molecule has 0 saturated heterocycles. The third-order valence-corrected chi connectivity index (χ3v) is 2.38. The zero-order valence-electron chi connectivity index (χ0n) is 10.5. The molecule has 3 nitrogen and oxygen atoms in total. The Morgan fingerprint density at radius 1 is 1.59 bits per heavy atom. The molecular formula is C14H19N3. The fraction of sp³-hybridized carbons (Fsp3) is 0.214. The highest BCUT2D eigenvalue weighted by atomic mass is 15.2. The summed E-state index contributed by atoms with van der Waals surface area (Å²) in [5, 5.41) is 0. The molecule has 1 heterocycles. The molecule has 2 N–H and O–H groups in total. The van der Waals surface area contributed by atoms with Crippen LogP contribution < -0.4 is 5.73 Å². The zero-order valence-corrected chi connectivity index (χ0v) is 10.5. The maximum atomic E-state index is 5.51. The lowest BCUT2D eigenvalue weighted by Gasteiger charge is -2.27. The van der Waals surface area contributed by atoms with E-state index in [-0.39, 0.29) is 0 Å². The predicted molar refractivity (Wildman–Crippen MR) is 75.1 cm³/mol. The predicted octanol–water partition coefficient (Wildman–Crippen LogP) is 2.42. The first-order valence-corrected chi connectivity index (χ1v) is 5.24. The van der Waals surface area contributed by atoms with Crippen molar-refractivity contribution < 1.29 is 0 Å². The van der Waals surface area contributed by atoms with E-state index in [0.717, 1.165) is 29.2 Å². The number of terminal acetylenes is 1. The average Bonchev–Trinajstić information content (AvgIpc) is 2.40. The van der Waals surface area contributed by atoms with Crippen LogP contribution in [0.25, 0.3) is 0 Å². The van der Waals surface area contributed by atoms with Crippen LogP contribution in [-0.2, 0) is 0 Å². The lowest BCUT2D eigenvalue weighted by molar-refractivity contribution is 0.513. The number of rotatable bonds is 3. The maximum absolute atomic E-state index is 5.51. The minimum absolute atomic E-state index is 0.719. The van der Waals surface area contributed by atoms with Gasteiger partial charge in [0.1, 0.15) is 5.82 Å². The molecular weight excluding hydrogens is 210 g/mol. The molecule has 0 bridgehead atoms. The molecule has 0 saturated carbocycles. The molecule has 0 aliphatic carbocycles. The third kappa shape index (κ3) is 3.39. The molecule has 90 valence electrons. The van der Waals surface area contributed by atoms with Gasteiger partial charge in [0.25, 0.3) is 0 Å². The van der Waals surface area contributed by atoms with Gasteiger partial charge in [0, 0.05) is 18.9 Å². The van der Waals surface area contributed by atoms with E-state index in [2.05, 4.69) is 37.9 Å². The first kappa shape index (κ1) is 14.8. The van der Waals surface area contributed by atoms with Crippen LogP contribution in [0, 0.1) is 12.8 Å². The van der Waals surface area contributed by atoms with E-state index in [4.69, 9.17) is 5.73 Å². The lowest BCUT2D eigenvalue weighted by Crippen LogP contribution is -2.23. The summed E-state index contributed by atoms with van der Waals surface area (Å²) in [6.45, 7) is 9.80. The van der Waals surface area contributed by atoms with Gasteiger partial charge < -0.3 is 10.6 Å². The smallest absolute Gasteiger partial charge is 0.149 e. The third-order valence-electron chi connectivity index (χ3n) is 2.38. The number of allylic oxidation sites excluding steroid dienone is 3. The van der Waals surface area contributed by atoms with Gasteiger partial charge in [-0.3, -0.25) is 0 Å². The summed E-state index contributed by atoms with van der Waals surface area (Å²) in [6.07, 6.45) is 14.1. The van der Waals surface area contributed by atoms with Crippen molar-refractivity contribution in [3.05, 3.63) is 48.6 Å². The second-order valence-corrected chi connectivity index (χ2v) is 3.31. The molecule has 0 amide bonds. The van der Waals surface area contributed by atoms with Gasteiger partial charge >= 0.3 is 0 Å². The van der Waals surface area contributed by atoms with Crippen molar-refractivity contribution in [2.45, 2.75) is 13.3 Å². The molecule has 0 spiro atoms. The monoisotopic (exact) mass is 229 g/mol. The summed E-state index contributed by atoms with van der Waals surface area (Å²) in [5.41, 5.74) is 8.43. The Labute approximate surface area is 104 Å². The van der Waals surface area contributed by atoms with E-state index >= 15 is 0 Å². The molecule has 1 aliphatic heterocycles. The van der Waals surface area contributed by atoms with Gasteiger partial charge in [-0.05, 0) is 24.1 Å². The molecule has 0 aromatic heterocycles. The topological polar surface area (TPSA) is 41.6 Å². The molecule has 0 atom stereocenters. The molecule has 0 aromatic carbocycles. The molecule has 0 aromatic rings. The van der Waals surface area contributed by atoms with Crippen LogP contribution in [0.5, 0.6) is 0 Å². The number of nitrogens with two attached hydrogens (primary N) is 1. The van der Waals surface area contributed by atoms with Crippen LogP contribution in [0.2, 0.25) is 0 Å². The number of hydrogen-bond donors (Lipinski definition) is 1. The van der Waals surface area contributed by atoms with Crippen molar-refractivity contribution in [2.75, 3.05) is 7.05 Å². The van der Waals surface area contributed by atoms with Crippen LogP contribution in [0.15, 0.2) is 53.6 Å². The van der Waals surface area contributed by atoms with Crippen LogP contribution in [0.1, 0.15) is 13.3 Å². The van der Waals surface area contributed by atoms with Crippen molar-refractivity contribution in [3.8, 4) is 12.8 Å². The highest BCUT2D eigenvalue weighted by Crippen LogP contribution is 2.23. The maximum Gasteiger partial charge on any atom is 0.149 e. The van der Waals surface area contributed by atoms with Crippen LogP contribution >= 0.6 is 0 Å². The Morgan fingerprint density at radius 3 is 2.59 bits per heavy atom. The fourth-order valence-corrected chi connectivity index (χ4v) is 1.37. The minimum atomic E-state index is 0.719. The number of nitrogens with zero attached hydrogens (tertiary/aromatic N) is 2.